The molecule has 0 aliphatic carbocycles. The normalized spacial score (nSPS) is 26.1. The number of ether oxygens (including phenoxy) is 1. The van der Waals surface area contributed by atoms with E-state index in [1.165, 1.54) is 0 Å². The van der Waals surface area contributed by atoms with Gasteiger partial charge < -0.3 is 15.4 Å². The van der Waals surface area contributed by atoms with Crippen molar-refractivity contribution in [1.82, 2.24) is 15.5 Å². The van der Waals surface area contributed by atoms with E-state index in [0.717, 1.165) is 13.1 Å². The van der Waals surface area contributed by atoms with E-state index in [0.29, 0.717) is 13.2 Å². The fourth-order valence-corrected chi connectivity index (χ4v) is 1.82. The molecule has 1 fully saturated rings. The molecule has 2 atom stereocenters. The van der Waals surface area contributed by atoms with E-state index in [-0.39, 0.29) is 18.2 Å². The molecule has 5 nitrogen and oxygen atoms in total. The van der Waals surface area contributed by atoms with E-state index < -0.39 is 0 Å². The van der Waals surface area contributed by atoms with Crippen molar-refractivity contribution in [2.45, 2.75) is 26.1 Å². The van der Waals surface area contributed by atoms with Crippen LogP contribution in [0.4, 0.5) is 4.79 Å². The summed E-state index contributed by atoms with van der Waals surface area (Å²) in [5.41, 5.74) is 0. The summed E-state index contributed by atoms with van der Waals surface area (Å²) >= 11 is 0. The number of amides is 2. The highest BCUT2D eigenvalue weighted by Gasteiger charge is 2.21. The lowest BCUT2D eigenvalue weighted by Crippen LogP contribution is -2.51. The molecule has 0 radical (unpaired) electrons. The van der Waals surface area contributed by atoms with Gasteiger partial charge in [-0.15, -0.1) is 6.58 Å². The Balaban J connectivity index is 2.21. The summed E-state index contributed by atoms with van der Waals surface area (Å²) in [5, 5.41) is 5.47. The lowest BCUT2D eigenvalue weighted by Gasteiger charge is -2.35. The Kier molecular flexibility index (Phi) is 5.28. The van der Waals surface area contributed by atoms with E-state index in [1.54, 1.807) is 6.08 Å². The maximum Gasteiger partial charge on any atom is 0.316 e. The molecule has 0 spiro atoms. The van der Waals surface area contributed by atoms with Crippen molar-refractivity contribution in [2.75, 3.05) is 26.3 Å². The number of rotatable bonds is 4. The molecule has 5 heteroatoms. The summed E-state index contributed by atoms with van der Waals surface area (Å²) in [6.07, 6.45) is 2.10. The standard InChI is InChI=1S/C11H21N3O2/c1-4-5-12-11(15)13-8-14-6-9(2)16-10(3)7-14/h4,9-10H,1,5-8H2,2-3H3,(H2,12,13,15). The quantitative estimate of drug-likeness (QED) is 0.689. The van der Waals surface area contributed by atoms with Gasteiger partial charge in [-0.1, -0.05) is 6.08 Å². The van der Waals surface area contributed by atoms with Gasteiger partial charge in [-0.25, -0.2) is 4.79 Å². The van der Waals surface area contributed by atoms with Gasteiger partial charge in [-0.05, 0) is 13.8 Å². The minimum Gasteiger partial charge on any atom is -0.373 e. The molecule has 0 aromatic heterocycles. The molecule has 0 saturated carbocycles. The van der Waals surface area contributed by atoms with E-state index in [2.05, 4.69) is 22.1 Å². The van der Waals surface area contributed by atoms with E-state index in [4.69, 9.17) is 4.74 Å². The van der Waals surface area contributed by atoms with Crippen molar-refractivity contribution >= 4 is 6.03 Å². The summed E-state index contributed by atoms with van der Waals surface area (Å²) in [6, 6.07) is -0.160. The SMILES string of the molecule is C=CCNC(=O)NCN1CC(C)OC(C)C1. The Bertz CT molecular complexity index is 235. The average molecular weight is 227 g/mol. The monoisotopic (exact) mass is 227 g/mol. The zero-order valence-electron chi connectivity index (χ0n) is 10.0. The number of morpholine rings is 1. The zero-order valence-corrected chi connectivity index (χ0v) is 10.0. The molecule has 1 rings (SSSR count). The van der Waals surface area contributed by atoms with Crippen molar-refractivity contribution in [2.24, 2.45) is 0 Å². The van der Waals surface area contributed by atoms with Crippen LogP contribution in [0.25, 0.3) is 0 Å². The minimum atomic E-state index is -0.160. The second-order valence-corrected chi connectivity index (χ2v) is 4.13. The zero-order chi connectivity index (χ0) is 12.0. The molecular weight excluding hydrogens is 206 g/mol. The van der Waals surface area contributed by atoms with Crippen LogP contribution in [0, 0.1) is 0 Å². The van der Waals surface area contributed by atoms with Crippen molar-refractivity contribution in [1.29, 1.82) is 0 Å². The van der Waals surface area contributed by atoms with Crippen LogP contribution in [0.1, 0.15) is 13.8 Å². The first-order valence-electron chi connectivity index (χ1n) is 5.62. The first-order valence-corrected chi connectivity index (χ1v) is 5.62. The molecule has 0 bridgehead atoms. The summed E-state index contributed by atoms with van der Waals surface area (Å²) in [4.78, 5) is 13.5. The molecule has 0 aromatic carbocycles. The highest BCUT2D eigenvalue weighted by atomic mass is 16.5. The molecule has 1 aliphatic heterocycles. The molecule has 1 saturated heterocycles. The largest absolute Gasteiger partial charge is 0.373 e. The smallest absolute Gasteiger partial charge is 0.316 e. The first-order chi connectivity index (χ1) is 7.61. The predicted octanol–water partition coefficient (Wildman–Crippen LogP) is 0.538. The first kappa shape index (κ1) is 13.0. The Labute approximate surface area is 96.8 Å². The van der Waals surface area contributed by atoms with Gasteiger partial charge in [0.1, 0.15) is 0 Å². The number of nitrogens with zero attached hydrogens (tertiary/aromatic N) is 1. The van der Waals surface area contributed by atoms with Crippen LogP contribution in [-0.2, 0) is 4.74 Å². The fourth-order valence-electron chi connectivity index (χ4n) is 1.82. The highest BCUT2D eigenvalue weighted by molar-refractivity contribution is 5.73. The van der Waals surface area contributed by atoms with Crippen molar-refractivity contribution in [3.05, 3.63) is 12.7 Å². The average Bonchev–Trinajstić information content (AvgIpc) is 2.22. The van der Waals surface area contributed by atoms with Crippen LogP contribution in [0.3, 0.4) is 0 Å². The van der Waals surface area contributed by atoms with Crippen molar-refractivity contribution in [3.63, 3.8) is 0 Å². The number of urea groups is 1. The highest BCUT2D eigenvalue weighted by Crippen LogP contribution is 2.08. The molecule has 1 heterocycles. The van der Waals surface area contributed by atoms with Crippen molar-refractivity contribution < 1.29 is 9.53 Å². The Morgan fingerprint density at radius 1 is 1.44 bits per heavy atom. The number of nitrogens with one attached hydrogen (secondary N) is 2. The van der Waals surface area contributed by atoms with Crippen LogP contribution in [-0.4, -0.2) is 49.4 Å². The van der Waals surface area contributed by atoms with Crippen LogP contribution in [0.5, 0.6) is 0 Å². The third-order valence-electron chi connectivity index (χ3n) is 2.37. The van der Waals surface area contributed by atoms with Crippen LogP contribution in [0.2, 0.25) is 0 Å². The molecular formula is C11H21N3O2. The number of carbonyl (C=O) groups excluding carboxylic acids is 1. The van der Waals surface area contributed by atoms with Gasteiger partial charge >= 0.3 is 6.03 Å². The number of hydrogen-bond acceptors (Lipinski definition) is 3. The van der Waals surface area contributed by atoms with Gasteiger partial charge in [-0.2, -0.15) is 0 Å². The molecule has 92 valence electrons. The Morgan fingerprint density at radius 3 is 2.62 bits per heavy atom. The minimum absolute atomic E-state index is 0.160. The molecule has 2 unspecified atom stereocenters. The van der Waals surface area contributed by atoms with Gasteiger partial charge in [0, 0.05) is 19.6 Å². The lowest BCUT2D eigenvalue weighted by atomic mass is 10.2. The van der Waals surface area contributed by atoms with Gasteiger partial charge in [-0.3, -0.25) is 4.90 Å². The molecule has 2 amide bonds. The van der Waals surface area contributed by atoms with Crippen LogP contribution in [0.15, 0.2) is 12.7 Å². The second kappa shape index (κ2) is 6.50. The van der Waals surface area contributed by atoms with Gasteiger partial charge in [0.05, 0.1) is 18.9 Å². The topological polar surface area (TPSA) is 53.6 Å². The Hall–Kier alpha value is -1.07. The Morgan fingerprint density at radius 2 is 2.06 bits per heavy atom. The molecule has 2 N–H and O–H groups in total. The summed E-state index contributed by atoms with van der Waals surface area (Å²) in [7, 11) is 0. The third kappa shape index (κ3) is 4.63. The van der Waals surface area contributed by atoms with Gasteiger partial charge in [0.25, 0.3) is 0 Å². The number of hydrogen-bond donors (Lipinski definition) is 2. The lowest BCUT2D eigenvalue weighted by molar-refractivity contribution is -0.0689. The van der Waals surface area contributed by atoms with E-state index in [9.17, 15) is 4.79 Å². The van der Waals surface area contributed by atoms with Crippen LogP contribution < -0.4 is 10.6 Å². The predicted molar refractivity (Wildman–Crippen MR) is 63.2 cm³/mol. The van der Waals surface area contributed by atoms with Crippen molar-refractivity contribution in [3.8, 4) is 0 Å². The summed E-state index contributed by atoms with van der Waals surface area (Å²) in [5.74, 6) is 0. The maximum atomic E-state index is 11.3. The fraction of sp³-hybridized carbons (Fsp3) is 0.727. The van der Waals surface area contributed by atoms with E-state index in [1.807, 2.05) is 13.8 Å². The van der Waals surface area contributed by atoms with Crippen LogP contribution >= 0.6 is 0 Å². The molecule has 1 aliphatic rings. The third-order valence-corrected chi connectivity index (χ3v) is 2.37. The molecule has 16 heavy (non-hydrogen) atoms. The molecule has 0 aromatic rings. The van der Waals surface area contributed by atoms with Gasteiger partial charge in [0.15, 0.2) is 0 Å². The second-order valence-electron chi connectivity index (χ2n) is 4.13. The maximum absolute atomic E-state index is 11.3. The van der Waals surface area contributed by atoms with E-state index >= 15 is 0 Å². The summed E-state index contributed by atoms with van der Waals surface area (Å²) in [6.45, 7) is 10.4. The number of carbonyl (C=O) groups is 1. The van der Waals surface area contributed by atoms with Gasteiger partial charge in [0.2, 0.25) is 0 Å². The summed E-state index contributed by atoms with van der Waals surface area (Å²) < 4.78 is 5.60.